The molecule has 1 rings (SSSR count). The number of nitrogens with one attached hydrogen (secondary N) is 2. The number of piperidine rings is 1. The minimum absolute atomic E-state index is 0.190. The maximum Gasteiger partial charge on any atom is 0.391 e. The first kappa shape index (κ1) is 13.3. The lowest BCUT2D eigenvalue weighted by atomic mass is 9.98. The Morgan fingerprint density at radius 3 is 2.75 bits per heavy atom. The summed E-state index contributed by atoms with van der Waals surface area (Å²) in [6, 6.07) is -0.852. The molecule has 1 unspecified atom stereocenters. The molecule has 0 aromatic rings. The van der Waals surface area contributed by atoms with Crippen molar-refractivity contribution in [3.05, 3.63) is 0 Å². The lowest BCUT2D eigenvalue weighted by Gasteiger charge is -2.24. The molecule has 1 heterocycles. The van der Waals surface area contributed by atoms with E-state index >= 15 is 0 Å². The molecule has 0 aromatic heterocycles. The lowest BCUT2D eigenvalue weighted by Crippen LogP contribution is -2.44. The second kappa shape index (κ2) is 5.52. The van der Waals surface area contributed by atoms with E-state index in [1.54, 1.807) is 0 Å². The molecule has 3 nitrogen and oxygen atoms in total. The van der Waals surface area contributed by atoms with E-state index in [1.807, 2.05) is 0 Å². The van der Waals surface area contributed by atoms with Gasteiger partial charge in [0.05, 0.1) is 12.3 Å². The Balaban J connectivity index is 2.32. The maximum absolute atomic E-state index is 12.0. The van der Waals surface area contributed by atoms with E-state index in [0.717, 1.165) is 19.4 Å². The van der Waals surface area contributed by atoms with E-state index in [9.17, 15) is 18.0 Å². The summed E-state index contributed by atoms with van der Waals surface area (Å²) in [6.07, 6.45) is -3.56. The summed E-state index contributed by atoms with van der Waals surface area (Å²) in [4.78, 5) is 11.6. The average molecular weight is 238 g/mol. The van der Waals surface area contributed by atoms with Crippen LogP contribution in [0.25, 0.3) is 0 Å². The SMILES string of the molecule is CC(CC(F)(F)F)NC(=O)[C@H]1CCCNC1. The van der Waals surface area contributed by atoms with Crippen LogP contribution in [-0.4, -0.2) is 31.2 Å². The molecule has 0 spiro atoms. The van der Waals surface area contributed by atoms with Crippen LogP contribution in [0.2, 0.25) is 0 Å². The molecule has 16 heavy (non-hydrogen) atoms. The van der Waals surface area contributed by atoms with Gasteiger partial charge < -0.3 is 10.6 Å². The van der Waals surface area contributed by atoms with Gasteiger partial charge in [0, 0.05) is 12.6 Å². The lowest BCUT2D eigenvalue weighted by molar-refractivity contribution is -0.142. The first-order valence-corrected chi connectivity index (χ1v) is 5.46. The van der Waals surface area contributed by atoms with Crippen molar-refractivity contribution in [1.82, 2.24) is 10.6 Å². The van der Waals surface area contributed by atoms with Gasteiger partial charge in [0.2, 0.25) is 5.91 Å². The van der Waals surface area contributed by atoms with E-state index < -0.39 is 18.6 Å². The zero-order valence-electron chi connectivity index (χ0n) is 9.23. The molecule has 1 aliphatic rings. The molecule has 1 fully saturated rings. The predicted octanol–water partition coefficient (Wildman–Crippen LogP) is 1.44. The van der Waals surface area contributed by atoms with Crippen LogP contribution in [0.3, 0.4) is 0 Å². The first-order valence-electron chi connectivity index (χ1n) is 5.46. The number of amides is 1. The van der Waals surface area contributed by atoms with Gasteiger partial charge in [-0.1, -0.05) is 0 Å². The molecule has 0 aromatic carbocycles. The highest BCUT2D eigenvalue weighted by Crippen LogP contribution is 2.21. The number of hydrogen-bond acceptors (Lipinski definition) is 2. The van der Waals surface area contributed by atoms with Crippen LogP contribution >= 0.6 is 0 Å². The molecular weight excluding hydrogens is 221 g/mol. The molecule has 6 heteroatoms. The Morgan fingerprint density at radius 1 is 1.56 bits per heavy atom. The Kier molecular flexibility index (Phi) is 4.58. The van der Waals surface area contributed by atoms with Crippen molar-refractivity contribution in [2.45, 2.75) is 38.4 Å². The van der Waals surface area contributed by atoms with E-state index in [-0.39, 0.29) is 11.8 Å². The summed E-state index contributed by atoms with van der Waals surface area (Å²) in [7, 11) is 0. The van der Waals surface area contributed by atoms with Gasteiger partial charge in [-0.25, -0.2) is 0 Å². The summed E-state index contributed by atoms with van der Waals surface area (Å²) in [5.74, 6) is -0.464. The highest BCUT2D eigenvalue weighted by atomic mass is 19.4. The number of carbonyl (C=O) groups is 1. The van der Waals surface area contributed by atoms with Gasteiger partial charge in [-0.2, -0.15) is 13.2 Å². The summed E-state index contributed by atoms with van der Waals surface area (Å²) in [6.45, 7) is 2.81. The van der Waals surface area contributed by atoms with E-state index in [1.165, 1.54) is 6.92 Å². The van der Waals surface area contributed by atoms with Gasteiger partial charge in [0.25, 0.3) is 0 Å². The van der Waals surface area contributed by atoms with Gasteiger partial charge in [0.1, 0.15) is 0 Å². The molecule has 94 valence electrons. The van der Waals surface area contributed by atoms with Crippen LogP contribution in [-0.2, 0) is 4.79 Å². The molecule has 2 atom stereocenters. The fraction of sp³-hybridized carbons (Fsp3) is 0.900. The Bertz CT molecular complexity index is 237. The summed E-state index contributed by atoms with van der Waals surface area (Å²) < 4.78 is 36.1. The van der Waals surface area contributed by atoms with Crippen LogP contribution in [0.1, 0.15) is 26.2 Å². The van der Waals surface area contributed by atoms with Crippen molar-refractivity contribution in [1.29, 1.82) is 0 Å². The van der Waals surface area contributed by atoms with Crippen LogP contribution in [0.15, 0.2) is 0 Å². The van der Waals surface area contributed by atoms with Crippen molar-refractivity contribution < 1.29 is 18.0 Å². The zero-order valence-corrected chi connectivity index (χ0v) is 9.23. The van der Waals surface area contributed by atoms with Crippen molar-refractivity contribution in [2.24, 2.45) is 5.92 Å². The van der Waals surface area contributed by atoms with Crippen LogP contribution in [0.4, 0.5) is 13.2 Å². The minimum Gasteiger partial charge on any atom is -0.353 e. The number of halogens is 3. The number of hydrogen-bond donors (Lipinski definition) is 2. The fourth-order valence-corrected chi connectivity index (χ4v) is 1.83. The van der Waals surface area contributed by atoms with Crippen LogP contribution < -0.4 is 10.6 Å². The molecule has 0 bridgehead atoms. The van der Waals surface area contributed by atoms with Crippen LogP contribution in [0.5, 0.6) is 0 Å². The molecule has 1 amide bonds. The molecule has 0 saturated carbocycles. The first-order chi connectivity index (χ1) is 7.38. The molecular formula is C10H17F3N2O. The number of alkyl halides is 3. The second-order valence-corrected chi connectivity index (χ2v) is 4.27. The topological polar surface area (TPSA) is 41.1 Å². The van der Waals surface area contributed by atoms with Crippen LogP contribution in [0, 0.1) is 5.92 Å². The third-order valence-corrected chi connectivity index (χ3v) is 2.59. The Morgan fingerprint density at radius 2 is 2.25 bits per heavy atom. The van der Waals surface area contributed by atoms with E-state index in [2.05, 4.69) is 10.6 Å². The second-order valence-electron chi connectivity index (χ2n) is 4.27. The normalized spacial score (nSPS) is 23.9. The number of rotatable bonds is 3. The van der Waals surface area contributed by atoms with Crippen molar-refractivity contribution in [3.8, 4) is 0 Å². The Labute approximate surface area is 92.8 Å². The quantitative estimate of drug-likeness (QED) is 0.781. The number of carbonyl (C=O) groups excluding carboxylic acids is 1. The zero-order chi connectivity index (χ0) is 12.2. The summed E-state index contributed by atoms with van der Waals surface area (Å²) in [5, 5.41) is 5.46. The van der Waals surface area contributed by atoms with Gasteiger partial charge in [-0.3, -0.25) is 4.79 Å². The minimum atomic E-state index is -4.22. The molecule has 0 aliphatic carbocycles. The molecule has 1 saturated heterocycles. The van der Waals surface area contributed by atoms with Gasteiger partial charge in [-0.05, 0) is 26.3 Å². The monoisotopic (exact) mass is 238 g/mol. The molecule has 1 aliphatic heterocycles. The molecule has 0 radical (unpaired) electrons. The fourth-order valence-electron chi connectivity index (χ4n) is 1.83. The highest BCUT2D eigenvalue weighted by Gasteiger charge is 2.31. The summed E-state index contributed by atoms with van der Waals surface area (Å²) in [5.41, 5.74) is 0. The third-order valence-electron chi connectivity index (χ3n) is 2.59. The smallest absolute Gasteiger partial charge is 0.353 e. The van der Waals surface area contributed by atoms with E-state index in [0.29, 0.717) is 6.54 Å². The Hall–Kier alpha value is -0.780. The standard InChI is InChI=1S/C10H17F3N2O/c1-7(5-10(11,12)13)15-9(16)8-3-2-4-14-6-8/h7-8,14H,2-6H2,1H3,(H,15,16)/t7?,8-/m0/s1. The highest BCUT2D eigenvalue weighted by molar-refractivity contribution is 5.79. The van der Waals surface area contributed by atoms with Gasteiger partial charge in [-0.15, -0.1) is 0 Å². The maximum atomic E-state index is 12.0. The van der Waals surface area contributed by atoms with Crippen molar-refractivity contribution in [2.75, 3.05) is 13.1 Å². The third kappa shape index (κ3) is 4.83. The predicted molar refractivity (Wildman–Crippen MR) is 53.9 cm³/mol. The van der Waals surface area contributed by atoms with E-state index in [4.69, 9.17) is 0 Å². The molecule has 2 N–H and O–H groups in total. The van der Waals surface area contributed by atoms with Crippen molar-refractivity contribution in [3.63, 3.8) is 0 Å². The summed E-state index contributed by atoms with van der Waals surface area (Å²) >= 11 is 0. The van der Waals surface area contributed by atoms with Crippen molar-refractivity contribution >= 4 is 5.91 Å². The largest absolute Gasteiger partial charge is 0.391 e. The van der Waals surface area contributed by atoms with Gasteiger partial charge >= 0.3 is 6.18 Å². The average Bonchev–Trinajstić information content (AvgIpc) is 2.16. The van der Waals surface area contributed by atoms with Gasteiger partial charge in [0.15, 0.2) is 0 Å².